The van der Waals surface area contributed by atoms with Gasteiger partial charge in [-0.2, -0.15) is 0 Å². The summed E-state index contributed by atoms with van der Waals surface area (Å²) < 4.78 is 33.3. The van der Waals surface area contributed by atoms with Gasteiger partial charge in [0.1, 0.15) is 11.3 Å². The van der Waals surface area contributed by atoms with Crippen molar-refractivity contribution in [2.45, 2.75) is 44.8 Å². The molecule has 0 atom stereocenters. The van der Waals surface area contributed by atoms with E-state index in [4.69, 9.17) is 4.74 Å². The molecule has 8 nitrogen and oxygen atoms in total. The zero-order valence-electron chi connectivity index (χ0n) is 18.0. The molecule has 0 saturated heterocycles. The van der Waals surface area contributed by atoms with Gasteiger partial charge in [-0.1, -0.05) is 0 Å². The average molecular weight is 449 g/mol. The summed E-state index contributed by atoms with van der Waals surface area (Å²) in [6, 6.07) is 2.68. The number of aliphatic hydroxyl groups excluding tert-OH is 1. The van der Waals surface area contributed by atoms with Crippen LogP contribution in [0.2, 0.25) is 0 Å². The van der Waals surface area contributed by atoms with Crippen LogP contribution in [0.5, 0.6) is 5.75 Å². The lowest BCUT2D eigenvalue weighted by molar-refractivity contribution is -0.118. The van der Waals surface area contributed by atoms with E-state index in [2.05, 4.69) is 10.6 Å². The number of rotatable bonds is 6. The van der Waals surface area contributed by atoms with Gasteiger partial charge < -0.3 is 25.0 Å². The standard InChI is InChI=1S/C22H25F2N3O5/c1-11-17(21(30)26-13-6-9-15(23)16(24)10-13)20(32-3)18(27(11)2)19(29)22(31)25-12-4-7-14(28)8-5-12/h6,9-10,12,14,28H,4-5,7-8H2,1-3H3,(H,25,31)(H,26,30)/t12-,14+. The normalized spacial score (nSPS) is 18.2. The largest absolute Gasteiger partial charge is 0.493 e. The summed E-state index contributed by atoms with van der Waals surface area (Å²) in [5, 5.41) is 14.7. The monoisotopic (exact) mass is 449 g/mol. The van der Waals surface area contributed by atoms with E-state index < -0.39 is 35.3 Å². The highest BCUT2D eigenvalue weighted by molar-refractivity contribution is 6.43. The fourth-order valence-electron chi connectivity index (χ4n) is 3.84. The Bertz CT molecular complexity index is 1060. The van der Waals surface area contributed by atoms with E-state index in [-0.39, 0.29) is 28.7 Å². The molecule has 2 amide bonds. The van der Waals surface area contributed by atoms with E-state index >= 15 is 0 Å². The van der Waals surface area contributed by atoms with Crippen LogP contribution in [0.25, 0.3) is 0 Å². The van der Waals surface area contributed by atoms with Crippen molar-refractivity contribution in [2.75, 3.05) is 12.4 Å². The first kappa shape index (κ1) is 23.4. The summed E-state index contributed by atoms with van der Waals surface area (Å²) in [5.41, 5.74) is 0.258. The molecule has 0 aliphatic heterocycles. The first-order chi connectivity index (χ1) is 15.1. The smallest absolute Gasteiger partial charge is 0.294 e. The van der Waals surface area contributed by atoms with Crippen molar-refractivity contribution in [1.29, 1.82) is 0 Å². The van der Waals surface area contributed by atoms with Crippen LogP contribution in [0, 0.1) is 18.6 Å². The molecule has 0 spiro atoms. The van der Waals surface area contributed by atoms with E-state index in [0.717, 1.165) is 12.1 Å². The maximum Gasteiger partial charge on any atom is 0.294 e. The van der Waals surface area contributed by atoms with Gasteiger partial charge in [-0.15, -0.1) is 0 Å². The number of hydrogen-bond donors (Lipinski definition) is 3. The molecule has 1 saturated carbocycles. The Balaban J connectivity index is 1.85. The Kier molecular flexibility index (Phi) is 6.93. The Labute approximate surface area is 183 Å². The van der Waals surface area contributed by atoms with Crippen LogP contribution in [0.15, 0.2) is 18.2 Å². The zero-order valence-corrected chi connectivity index (χ0v) is 18.0. The van der Waals surface area contributed by atoms with Gasteiger partial charge >= 0.3 is 0 Å². The zero-order chi connectivity index (χ0) is 23.6. The Hall–Kier alpha value is -3.27. The summed E-state index contributed by atoms with van der Waals surface area (Å²) in [4.78, 5) is 38.4. The van der Waals surface area contributed by atoms with Gasteiger partial charge in [-0.25, -0.2) is 8.78 Å². The summed E-state index contributed by atoms with van der Waals surface area (Å²) in [6.45, 7) is 1.57. The van der Waals surface area contributed by atoms with Crippen molar-refractivity contribution < 1.29 is 33.0 Å². The fraction of sp³-hybridized carbons (Fsp3) is 0.409. The Morgan fingerprint density at radius 3 is 2.38 bits per heavy atom. The molecule has 2 aromatic rings. The maximum atomic E-state index is 13.5. The number of amides is 2. The van der Waals surface area contributed by atoms with Crippen LogP contribution in [0.3, 0.4) is 0 Å². The van der Waals surface area contributed by atoms with Crippen LogP contribution in [0.1, 0.15) is 52.2 Å². The van der Waals surface area contributed by atoms with Gasteiger partial charge in [0, 0.05) is 30.5 Å². The van der Waals surface area contributed by atoms with Gasteiger partial charge in [-0.05, 0) is 44.7 Å². The van der Waals surface area contributed by atoms with Crippen LogP contribution in [-0.4, -0.2) is 46.5 Å². The second-order valence-corrected chi connectivity index (χ2v) is 7.79. The van der Waals surface area contributed by atoms with Gasteiger partial charge in [-0.3, -0.25) is 14.4 Å². The highest BCUT2D eigenvalue weighted by Gasteiger charge is 2.33. The average Bonchev–Trinajstić information content (AvgIpc) is 3.01. The summed E-state index contributed by atoms with van der Waals surface area (Å²) in [5.74, 6) is -4.68. The second-order valence-electron chi connectivity index (χ2n) is 7.79. The molecule has 172 valence electrons. The number of carbonyl (C=O) groups excluding carboxylic acids is 3. The number of methoxy groups -OCH3 is 1. The van der Waals surface area contributed by atoms with E-state index in [9.17, 15) is 28.3 Å². The number of ketones is 1. The van der Waals surface area contributed by atoms with Crippen molar-refractivity contribution >= 4 is 23.3 Å². The predicted octanol–water partition coefficient (Wildman–Crippen LogP) is 2.48. The Morgan fingerprint density at radius 2 is 1.78 bits per heavy atom. The van der Waals surface area contributed by atoms with Crippen molar-refractivity contribution in [3.8, 4) is 5.75 Å². The van der Waals surface area contributed by atoms with Crippen LogP contribution in [0.4, 0.5) is 14.5 Å². The third-order valence-corrected chi connectivity index (χ3v) is 5.70. The quantitative estimate of drug-likeness (QED) is 0.464. The number of halogens is 2. The molecule has 1 aromatic heterocycles. The van der Waals surface area contributed by atoms with Crippen molar-refractivity contribution in [3.05, 3.63) is 46.8 Å². The predicted molar refractivity (Wildman–Crippen MR) is 112 cm³/mol. The molecular formula is C22H25F2N3O5. The SMILES string of the molecule is COc1c(C(=O)Nc2ccc(F)c(F)c2)c(C)n(C)c1C(=O)C(=O)N[C@H]1CC[C@@H](O)CC1. The highest BCUT2D eigenvalue weighted by atomic mass is 19.2. The number of aliphatic hydroxyl groups is 1. The molecule has 1 aliphatic carbocycles. The van der Waals surface area contributed by atoms with Crippen molar-refractivity contribution in [3.63, 3.8) is 0 Å². The molecule has 0 radical (unpaired) electrons. The van der Waals surface area contributed by atoms with Gasteiger partial charge in [0.25, 0.3) is 17.6 Å². The molecule has 1 aliphatic rings. The third kappa shape index (κ3) is 4.64. The molecule has 0 unspecified atom stereocenters. The minimum absolute atomic E-state index is 0.00308. The summed E-state index contributed by atoms with van der Waals surface area (Å²) >= 11 is 0. The highest BCUT2D eigenvalue weighted by Crippen LogP contribution is 2.31. The molecule has 32 heavy (non-hydrogen) atoms. The number of nitrogens with zero attached hydrogens (tertiary/aromatic N) is 1. The summed E-state index contributed by atoms with van der Waals surface area (Å²) in [7, 11) is 2.78. The number of nitrogens with one attached hydrogen (secondary N) is 2. The van der Waals surface area contributed by atoms with Gasteiger partial charge in [0.15, 0.2) is 17.4 Å². The number of Topliss-reactive ketones (excluding diaryl/α,β-unsaturated/α-hetero) is 1. The topological polar surface area (TPSA) is 110 Å². The lowest BCUT2D eigenvalue weighted by Crippen LogP contribution is -2.42. The number of anilines is 1. The van der Waals surface area contributed by atoms with E-state index in [1.165, 1.54) is 24.8 Å². The molecule has 1 aromatic carbocycles. The number of aromatic nitrogens is 1. The molecule has 3 N–H and O–H groups in total. The number of benzene rings is 1. The molecule has 3 rings (SSSR count). The number of hydrogen-bond acceptors (Lipinski definition) is 5. The van der Waals surface area contributed by atoms with Crippen molar-refractivity contribution in [1.82, 2.24) is 9.88 Å². The first-order valence-electron chi connectivity index (χ1n) is 10.2. The molecular weight excluding hydrogens is 424 g/mol. The van der Waals surface area contributed by atoms with E-state index in [1.807, 2.05) is 0 Å². The first-order valence-corrected chi connectivity index (χ1v) is 10.2. The third-order valence-electron chi connectivity index (χ3n) is 5.70. The van der Waals surface area contributed by atoms with Crippen LogP contribution < -0.4 is 15.4 Å². The Morgan fingerprint density at radius 1 is 1.12 bits per heavy atom. The minimum Gasteiger partial charge on any atom is -0.493 e. The summed E-state index contributed by atoms with van der Waals surface area (Å²) in [6.07, 6.45) is 1.81. The maximum absolute atomic E-state index is 13.5. The van der Waals surface area contributed by atoms with Crippen molar-refractivity contribution in [2.24, 2.45) is 7.05 Å². The number of ether oxygens (including phenoxy) is 1. The fourth-order valence-corrected chi connectivity index (χ4v) is 3.84. The minimum atomic E-state index is -1.12. The van der Waals surface area contributed by atoms with Crippen LogP contribution >= 0.6 is 0 Å². The van der Waals surface area contributed by atoms with Crippen LogP contribution in [-0.2, 0) is 11.8 Å². The van der Waals surface area contributed by atoms with E-state index in [1.54, 1.807) is 6.92 Å². The lowest BCUT2D eigenvalue weighted by Gasteiger charge is -2.25. The van der Waals surface area contributed by atoms with Gasteiger partial charge in [0.2, 0.25) is 0 Å². The second kappa shape index (κ2) is 9.47. The lowest BCUT2D eigenvalue weighted by atomic mass is 9.93. The van der Waals surface area contributed by atoms with Gasteiger partial charge in [0.05, 0.1) is 13.2 Å². The molecule has 1 heterocycles. The molecule has 0 bridgehead atoms. The molecule has 10 heteroatoms. The molecule has 1 fully saturated rings. The van der Waals surface area contributed by atoms with E-state index in [0.29, 0.717) is 31.4 Å². The number of carbonyl (C=O) groups is 3.